The van der Waals surface area contributed by atoms with Crippen molar-refractivity contribution in [2.24, 2.45) is 17.3 Å². The van der Waals surface area contributed by atoms with Crippen molar-refractivity contribution >= 4 is 17.0 Å². The Morgan fingerprint density at radius 3 is 2.67 bits per heavy atom. The highest BCUT2D eigenvalue weighted by molar-refractivity contribution is 5.77. The molecule has 0 aliphatic carbocycles. The van der Waals surface area contributed by atoms with Gasteiger partial charge in [0.15, 0.2) is 0 Å². The van der Waals surface area contributed by atoms with Crippen LogP contribution in [-0.4, -0.2) is 15.6 Å². The van der Waals surface area contributed by atoms with Crippen LogP contribution >= 0.6 is 0 Å². The predicted molar refractivity (Wildman–Crippen MR) is 60.4 cm³/mol. The van der Waals surface area contributed by atoms with E-state index < -0.39 is 0 Å². The fourth-order valence-electron chi connectivity index (χ4n) is 1.39. The molecule has 0 aliphatic heterocycles. The summed E-state index contributed by atoms with van der Waals surface area (Å²) in [7, 11) is 1.95. The minimum atomic E-state index is 0.199. The molecule has 0 fully saturated rings. The maximum atomic E-state index is 4.39. The standard InChI is InChI=1S/C11H14N4/c1-8(2)13-14-11-12-9-6-4-5-7-10(9)15(11)3/h4-8H,1-3H3. The van der Waals surface area contributed by atoms with Crippen LogP contribution in [0, 0.1) is 0 Å². The molecule has 0 spiro atoms. The fourth-order valence-corrected chi connectivity index (χ4v) is 1.39. The molecule has 15 heavy (non-hydrogen) atoms. The van der Waals surface area contributed by atoms with Crippen LogP contribution in [0.2, 0.25) is 0 Å². The minimum absolute atomic E-state index is 0.199. The lowest BCUT2D eigenvalue weighted by Gasteiger charge is -1.96. The second-order valence-corrected chi connectivity index (χ2v) is 3.77. The first kappa shape index (κ1) is 9.83. The quantitative estimate of drug-likeness (QED) is 0.690. The monoisotopic (exact) mass is 202 g/mol. The van der Waals surface area contributed by atoms with Crippen molar-refractivity contribution in [1.82, 2.24) is 9.55 Å². The van der Waals surface area contributed by atoms with Crippen LogP contribution in [-0.2, 0) is 7.05 Å². The average molecular weight is 202 g/mol. The van der Waals surface area contributed by atoms with E-state index in [4.69, 9.17) is 0 Å². The van der Waals surface area contributed by atoms with Gasteiger partial charge in [-0.15, -0.1) is 5.11 Å². The predicted octanol–water partition coefficient (Wildman–Crippen LogP) is 3.07. The molecule has 2 aromatic rings. The SMILES string of the molecule is CC(C)N=Nc1nc2ccccc2n1C. The molecule has 0 aliphatic rings. The second kappa shape index (κ2) is 3.81. The van der Waals surface area contributed by atoms with E-state index in [0.717, 1.165) is 11.0 Å². The van der Waals surface area contributed by atoms with Crippen molar-refractivity contribution in [3.63, 3.8) is 0 Å². The summed E-state index contributed by atoms with van der Waals surface area (Å²) in [4.78, 5) is 4.39. The Kier molecular flexibility index (Phi) is 2.49. The smallest absolute Gasteiger partial charge is 0.249 e. The highest BCUT2D eigenvalue weighted by atomic mass is 15.3. The van der Waals surface area contributed by atoms with Crippen LogP contribution in [0.3, 0.4) is 0 Å². The van der Waals surface area contributed by atoms with Crippen molar-refractivity contribution in [2.45, 2.75) is 19.9 Å². The highest BCUT2D eigenvalue weighted by Crippen LogP contribution is 2.20. The van der Waals surface area contributed by atoms with Crippen LogP contribution in [0.1, 0.15) is 13.8 Å². The topological polar surface area (TPSA) is 42.5 Å². The van der Waals surface area contributed by atoms with E-state index in [-0.39, 0.29) is 6.04 Å². The number of hydrogen-bond acceptors (Lipinski definition) is 3. The van der Waals surface area contributed by atoms with E-state index in [0.29, 0.717) is 5.95 Å². The zero-order chi connectivity index (χ0) is 10.8. The van der Waals surface area contributed by atoms with Crippen LogP contribution in [0.5, 0.6) is 0 Å². The molecule has 78 valence electrons. The molecule has 2 rings (SSSR count). The van der Waals surface area contributed by atoms with Gasteiger partial charge >= 0.3 is 0 Å². The maximum absolute atomic E-state index is 4.39. The molecule has 0 atom stereocenters. The summed E-state index contributed by atoms with van der Waals surface area (Å²) < 4.78 is 1.95. The van der Waals surface area contributed by atoms with Gasteiger partial charge in [-0.05, 0) is 26.0 Å². The molecule has 1 aromatic heterocycles. The Morgan fingerprint density at radius 2 is 2.00 bits per heavy atom. The van der Waals surface area contributed by atoms with Gasteiger partial charge in [0.2, 0.25) is 5.95 Å². The number of imidazole rings is 1. The normalized spacial score (nSPS) is 12.0. The summed E-state index contributed by atoms with van der Waals surface area (Å²) in [5, 5.41) is 8.21. The van der Waals surface area contributed by atoms with E-state index in [2.05, 4.69) is 15.2 Å². The van der Waals surface area contributed by atoms with E-state index in [1.54, 1.807) is 0 Å². The summed E-state index contributed by atoms with van der Waals surface area (Å²) in [5.74, 6) is 0.657. The van der Waals surface area contributed by atoms with Gasteiger partial charge in [0, 0.05) is 7.05 Å². The van der Waals surface area contributed by atoms with Crippen LogP contribution in [0.15, 0.2) is 34.5 Å². The first-order valence-electron chi connectivity index (χ1n) is 5.01. The van der Waals surface area contributed by atoms with E-state index >= 15 is 0 Å². The number of hydrogen-bond donors (Lipinski definition) is 0. The number of nitrogens with zero attached hydrogens (tertiary/aromatic N) is 4. The zero-order valence-electron chi connectivity index (χ0n) is 9.18. The lowest BCUT2D eigenvalue weighted by Crippen LogP contribution is -1.88. The van der Waals surface area contributed by atoms with Crippen molar-refractivity contribution in [2.75, 3.05) is 0 Å². The maximum Gasteiger partial charge on any atom is 0.249 e. The third-order valence-electron chi connectivity index (χ3n) is 2.14. The molecule has 4 heteroatoms. The number of aromatic nitrogens is 2. The van der Waals surface area contributed by atoms with Crippen LogP contribution < -0.4 is 0 Å². The molecule has 0 saturated carbocycles. The van der Waals surface area contributed by atoms with Crippen LogP contribution in [0.25, 0.3) is 11.0 Å². The Hall–Kier alpha value is -1.71. The van der Waals surface area contributed by atoms with Crippen molar-refractivity contribution < 1.29 is 0 Å². The van der Waals surface area contributed by atoms with Gasteiger partial charge in [0.05, 0.1) is 17.1 Å². The van der Waals surface area contributed by atoms with Gasteiger partial charge in [-0.3, -0.25) is 0 Å². The summed E-state index contributed by atoms with van der Waals surface area (Å²) in [6, 6.07) is 8.16. The van der Waals surface area contributed by atoms with E-state index in [1.807, 2.05) is 49.7 Å². The number of para-hydroxylation sites is 2. The lowest BCUT2D eigenvalue weighted by molar-refractivity contribution is 0.761. The molecule has 0 bridgehead atoms. The van der Waals surface area contributed by atoms with Crippen molar-refractivity contribution in [3.8, 4) is 0 Å². The second-order valence-electron chi connectivity index (χ2n) is 3.77. The number of fused-ring (bicyclic) bond motifs is 1. The summed E-state index contributed by atoms with van der Waals surface area (Å²) in [6.45, 7) is 3.98. The van der Waals surface area contributed by atoms with Gasteiger partial charge < -0.3 is 4.57 Å². The van der Waals surface area contributed by atoms with E-state index in [1.165, 1.54) is 0 Å². The summed E-state index contributed by atoms with van der Waals surface area (Å²) >= 11 is 0. The molecule has 0 N–H and O–H groups in total. The Morgan fingerprint density at radius 1 is 1.27 bits per heavy atom. The molecule has 4 nitrogen and oxygen atoms in total. The molecule has 0 unspecified atom stereocenters. The minimum Gasteiger partial charge on any atom is -0.310 e. The first-order valence-corrected chi connectivity index (χ1v) is 5.01. The molecular weight excluding hydrogens is 188 g/mol. The first-order chi connectivity index (χ1) is 7.18. The van der Waals surface area contributed by atoms with Crippen LogP contribution in [0.4, 0.5) is 5.95 Å². The van der Waals surface area contributed by atoms with Gasteiger partial charge in [-0.2, -0.15) is 5.11 Å². The van der Waals surface area contributed by atoms with Crippen molar-refractivity contribution in [3.05, 3.63) is 24.3 Å². The Balaban J connectivity index is 2.49. The molecule has 1 aromatic carbocycles. The number of benzene rings is 1. The van der Waals surface area contributed by atoms with Gasteiger partial charge in [0.1, 0.15) is 0 Å². The fraction of sp³-hybridized carbons (Fsp3) is 0.364. The largest absolute Gasteiger partial charge is 0.310 e. The summed E-state index contributed by atoms with van der Waals surface area (Å²) in [6.07, 6.45) is 0. The highest BCUT2D eigenvalue weighted by Gasteiger charge is 2.05. The molecular formula is C11H14N4. The molecule has 0 saturated heterocycles. The number of rotatable bonds is 2. The average Bonchev–Trinajstić information content (AvgIpc) is 2.54. The molecule has 0 radical (unpaired) electrons. The third kappa shape index (κ3) is 1.88. The number of azo groups is 1. The molecule has 0 amide bonds. The Bertz CT molecular complexity index is 496. The Labute approximate surface area is 88.7 Å². The van der Waals surface area contributed by atoms with Crippen molar-refractivity contribution in [1.29, 1.82) is 0 Å². The number of aryl methyl sites for hydroxylation is 1. The summed E-state index contributed by atoms with van der Waals surface area (Å²) in [5.41, 5.74) is 2.04. The van der Waals surface area contributed by atoms with Gasteiger partial charge in [-0.25, -0.2) is 4.98 Å². The molecule has 1 heterocycles. The van der Waals surface area contributed by atoms with Gasteiger partial charge in [-0.1, -0.05) is 12.1 Å². The van der Waals surface area contributed by atoms with Gasteiger partial charge in [0.25, 0.3) is 0 Å². The van der Waals surface area contributed by atoms with E-state index in [9.17, 15) is 0 Å². The third-order valence-corrected chi connectivity index (χ3v) is 2.14. The zero-order valence-corrected chi connectivity index (χ0v) is 9.18. The lowest BCUT2D eigenvalue weighted by atomic mass is 10.3.